The average Bonchev–Trinajstić information content (AvgIpc) is 3.37. The lowest BCUT2D eigenvalue weighted by Crippen LogP contribution is -2.31. The van der Waals surface area contributed by atoms with Crippen LogP contribution in [0.3, 0.4) is 0 Å². The number of allylic oxidation sites excluding steroid dienone is 1. The minimum Gasteiger partial charge on any atom is -0.493 e. The Bertz CT molecular complexity index is 1580. The number of anilines is 2. The molecule has 1 aromatic heterocycles. The van der Waals surface area contributed by atoms with Crippen molar-refractivity contribution in [3.05, 3.63) is 100 Å². The molecule has 5 rings (SSSR count). The molecule has 0 bridgehead atoms. The number of aromatic nitrogens is 3. The highest BCUT2D eigenvalue weighted by atomic mass is 32.2. The molecule has 0 saturated heterocycles. The molecule has 1 unspecified atom stereocenters. The average molecular weight is 570 g/mol. The van der Waals surface area contributed by atoms with Crippen LogP contribution in [0.4, 0.5) is 11.6 Å². The van der Waals surface area contributed by atoms with Crippen LogP contribution >= 0.6 is 11.8 Å². The van der Waals surface area contributed by atoms with Crippen LogP contribution in [0.25, 0.3) is 0 Å². The molecule has 9 heteroatoms. The Morgan fingerprint density at radius 3 is 2.61 bits per heavy atom. The van der Waals surface area contributed by atoms with Gasteiger partial charge in [0.05, 0.1) is 19.3 Å². The molecule has 2 heterocycles. The minimum atomic E-state index is -0.526. The molecule has 4 aromatic rings. The van der Waals surface area contributed by atoms with Gasteiger partial charge in [0.1, 0.15) is 6.04 Å². The summed E-state index contributed by atoms with van der Waals surface area (Å²) in [6.07, 6.45) is 0.783. The SMILES string of the molecule is CCSc1nc2n(n1)C(c1ccc(OCCc3ccccc3)c(OC)c1)C(C(=O)Nc1cccc(C)c1C)=C(C)N2. The van der Waals surface area contributed by atoms with Crippen molar-refractivity contribution in [1.82, 2.24) is 14.8 Å². The first-order valence-electron chi connectivity index (χ1n) is 13.7. The number of methoxy groups -OCH3 is 1. The van der Waals surface area contributed by atoms with Crippen molar-refractivity contribution in [2.45, 2.75) is 45.3 Å². The van der Waals surface area contributed by atoms with Gasteiger partial charge in [-0.3, -0.25) is 4.79 Å². The molecule has 1 aliphatic heterocycles. The van der Waals surface area contributed by atoms with Crippen molar-refractivity contribution in [3.8, 4) is 11.5 Å². The van der Waals surface area contributed by atoms with E-state index in [0.29, 0.717) is 40.5 Å². The number of amides is 1. The van der Waals surface area contributed by atoms with E-state index in [1.165, 1.54) is 5.56 Å². The van der Waals surface area contributed by atoms with Crippen LogP contribution in [-0.2, 0) is 11.2 Å². The summed E-state index contributed by atoms with van der Waals surface area (Å²) in [7, 11) is 1.62. The van der Waals surface area contributed by atoms with Gasteiger partial charge in [-0.1, -0.05) is 67.2 Å². The molecule has 212 valence electrons. The zero-order chi connectivity index (χ0) is 28.9. The van der Waals surface area contributed by atoms with Crippen molar-refractivity contribution in [2.75, 3.05) is 30.1 Å². The zero-order valence-corrected chi connectivity index (χ0v) is 24.8. The first-order valence-corrected chi connectivity index (χ1v) is 14.7. The molecule has 0 fully saturated rings. The highest BCUT2D eigenvalue weighted by Crippen LogP contribution is 2.40. The van der Waals surface area contributed by atoms with E-state index < -0.39 is 6.04 Å². The van der Waals surface area contributed by atoms with Gasteiger partial charge < -0.3 is 20.1 Å². The predicted octanol–water partition coefficient (Wildman–Crippen LogP) is 6.56. The van der Waals surface area contributed by atoms with Gasteiger partial charge in [-0.25, -0.2) is 4.68 Å². The lowest BCUT2D eigenvalue weighted by Gasteiger charge is -2.29. The van der Waals surface area contributed by atoms with Gasteiger partial charge in [0, 0.05) is 17.8 Å². The van der Waals surface area contributed by atoms with Crippen molar-refractivity contribution in [2.24, 2.45) is 0 Å². The molecule has 1 atom stereocenters. The summed E-state index contributed by atoms with van der Waals surface area (Å²) in [6.45, 7) is 8.51. The largest absolute Gasteiger partial charge is 0.493 e. The van der Waals surface area contributed by atoms with Gasteiger partial charge in [0.15, 0.2) is 11.5 Å². The summed E-state index contributed by atoms with van der Waals surface area (Å²) in [4.78, 5) is 18.6. The van der Waals surface area contributed by atoms with Crippen LogP contribution in [0.1, 0.15) is 42.1 Å². The number of hydrogen-bond donors (Lipinski definition) is 2. The molecular weight excluding hydrogens is 534 g/mol. The second-order valence-electron chi connectivity index (χ2n) is 9.86. The Balaban J connectivity index is 1.49. The number of fused-ring (bicyclic) bond motifs is 1. The number of nitrogens with zero attached hydrogens (tertiary/aromatic N) is 3. The maximum absolute atomic E-state index is 13.9. The summed E-state index contributed by atoms with van der Waals surface area (Å²) in [6, 6.07) is 21.4. The van der Waals surface area contributed by atoms with Crippen LogP contribution in [0.15, 0.2) is 83.2 Å². The Labute approximate surface area is 245 Å². The molecule has 0 saturated carbocycles. The predicted molar refractivity (Wildman–Crippen MR) is 164 cm³/mol. The summed E-state index contributed by atoms with van der Waals surface area (Å²) < 4.78 is 13.6. The fourth-order valence-electron chi connectivity index (χ4n) is 4.90. The molecule has 3 aromatic carbocycles. The summed E-state index contributed by atoms with van der Waals surface area (Å²) in [5.41, 5.74) is 6.23. The third-order valence-electron chi connectivity index (χ3n) is 7.20. The van der Waals surface area contributed by atoms with Crippen LogP contribution in [0.2, 0.25) is 0 Å². The molecule has 8 nitrogen and oxygen atoms in total. The van der Waals surface area contributed by atoms with E-state index in [4.69, 9.17) is 14.6 Å². The van der Waals surface area contributed by atoms with Crippen molar-refractivity contribution in [1.29, 1.82) is 0 Å². The van der Waals surface area contributed by atoms with E-state index >= 15 is 0 Å². The quantitative estimate of drug-likeness (QED) is 0.209. The third-order valence-corrected chi connectivity index (χ3v) is 7.92. The van der Waals surface area contributed by atoms with Gasteiger partial charge in [0.2, 0.25) is 11.1 Å². The number of nitrogens with one attached hydrogen (secondary N) is 2. The fraction of sp³-hybridized carbons (Fsp3) is 0.281. The van der Waals surface area contributed by atoms with Gasteiger partial charge in [-0.2, -0.15) is 4.98 Å². The zero-order valence-electron chi connectivity index (χ0n) is 24.0. The first-order chi connectivity index (χ1) is 19.9. The monoisotopic (exact) mass is 569 g/mol. The van der Waals surface area contributed by atoms with Gasteiger partial charge in [-0.15, -0.1) is 5.10 Å². The van der Waals surface area contributed by atoms with E-state index in [1.54, 1.807) is 23.6 Å². The number of benzene rings is 3. The molecule has 1 aliphatic rings. The van der Waals surface area contributed by atoms with E-state index in [1.807, 2.05) is 75.4 Å². The topological polar surface area (TPSA) is 90.3 Å². The molecule has 0 radical (unpaired) electrons. The number of ether oxygens (including phenoxy) is 2. The van der Waals surface area contributed by atoms with Gasteiger partial charge in [0.25, 0.3) is 5.91 Å². The van der Waals surface area contributed by atoms with E-state index in [0.717, 1.165) is 34.6 Å². The lowest BCUT2D eigenvalue weighted by molar-refractivity contribution is -0.113. The minimum absolute atomic E-state index is 0.207. The molecule has 1 amide bonds. The standard InChI is InChI=1S/C32H35N5O3S/c1-6-41-32-35-31-33-22(4)28(30(38)34-25-14-10-11-20(2)21(25)3)29(37(31)36-32)24-15-16-26(27(19-24)39-5)40-18-17-23-12-8-7-9-13-23/h7-16,19,29H,6,17-18H2,1-5H3,(H,34,38)(H,33,35,36). The van der Waals surface area contributed by atoms with Crippen molar-refractivity contribution < 1.29 is 14.3 Å². The van der Waals surface area contributed by atoms with Crippen molar-refractivity contribution in [3.63, 3.8) is 0 Å². The van der Waals surface area contributed by atoms with Gasteiger partial charge >= 0.3 is 0 Å². The van der Waals surface area contributed by atoms with Crippen molar-refractivity contribution >= 4 is 29.3 Å². The van der Waals surface area contributed by atoms with Crippen LogP contribution in [0, 0.1) is 13.8 Å². The molecule has 0 aliphatic carbocycles. The number of thioether (sulfide) groups is 1. The van der Waals surface area contributed by atoms with E-state index in [9.17, 15) is 4.79 Å². The molecule has 0 spiro atoms. The summed E-state index contributed by atoms with van der Waals surface area (Å²) in [5.74, 6) is 2.45. The highest BCUT2D eigenvalue weighted by molar-refractivity contribution is 7.99. The highest BCUT2D eigenvalue weighted by Gasteiger charge is 2.35. The van der Waals surface area contributed by atoms with E-state index in [2.05, 4.69) is 34.7 Å². The number of hydrogen-bond acceptors (Lipinski definition) is 7. The third kappa shape index (κ3) is 6.10. The Morgan fingerprint density at radius 2 is 1.85 bits per heavy atom. The second-order valence-corrected chi connectivity index (χ2v) is 11.1. The molecular formula is C32H35N5O3S. The smallest absolute Gasteiger partial charge is 0.255 e. The van der Waals surface area contributed by atoms with Crippen LogP contribution < -0.4 is 20.1 Å². The summed E-state index contributed by atoms with van der Waals surface area (Å²) in [5, 5.41) is 11.9. The second kappa shape index (κ2) is 12.5. The maximum atomic E-state index is 13.9. The van der Waals surface area contributed by atoms with Gasteiger partial charge in [-0.05, 0) is 67.0 Å². The molecule has 2 N–H and O–H groups in total. The van der Waals surface area contributed by atoms with Crippen LogP contribution in [-0.4, -0.2) is 40.1 Å². The van der Waals surface area contributed by atoms with Crippen LogP contribution in [0.5, 0.6) is 11.5 Å². The lowest BCUT2D eigenvalue weighted by atomic mass is 9.94. The first kappa shape index (κ1) is 28.3. The Morgan fingerprint density at radius 1 is 1.05 bits per heavy atom. The number of carbonyl (C=O) groups is 1. The normalized spacial score (nSPS) is 14.3. The van der Waals surface area contributed by atoms with E-state index in [-0.39, 0.29) is 5.91 Å². The Hall–Kier alpha value is -4.24. The number of carbonyl (C=O) groups excluding carboxylic acids is 1. The maximum Gasteiger partial charge on any atom is 0.255 e. The molecule has 41 heavy (non-hydrogen) atoms. The number of aryl methyl sites for hydroxylation is 1. The number of rotatable bonds is 10. The summed E-state index contributed by atoms with van der Waals surface area (Å²) >= 11 is 1.55. The Kier molecular flexibility index (Phi) is 8.64. The fourth-order valence-corrected chi connectivity index (χ4v) is 5.45.